The Morgan fingerprint density at radius 3 is 2.37 bits per heavy atom. The molecule has 2 aromatic rings. The second kappa shape index (κ2) is 6.95. The highest BCUT2D eigenvalue weighted by atomic mass is 16.6. The lowest BCUT2D eigenvalue weighted by Crippen LogP contribution is -2.21. The minimum atomic E-state index is -0.302. The minimum Gasteiger partial charge on any atom is -0.486 e. The van der Waals surface area contributed by atoms with E-state index in [0.29, 0.717) is 36.8 Å². The van der Waals surface area contributed by atoms with Crippen molar-refractivity contribution in [3.63, 3.8) is 0 Å². The number of ether oxygens (including phenoxy) is 2. The van der Waals surface area contributed by atoms with Crippen molar-refractivity contribution in [3.8, 4) is 11.5 Å². The van der Waals surface area contributed by atoms with E-state index in [2.05, 4.69) is 10.6 Å². The van der Waals surface area contributed by atoms with Gasteiger partial charge in [0, 0.05) is 17.4 Å². The molecular formula is C21H22N2O4. The molecular weight excluding hydrogens is 344 g/mol. The van der Waals surface area contributed by atoms with Crippen molar-refractivity contribution in [2.75, 3.05) is 23.8 Å². The molecule has 1 aliphatic carbocycles. The smallest absolute Gasteiger partial charge is 0.228 e. The summed E-state index contributed by atoms with van der Waals surface area (Å²) in [5, 5.41) is 5.82. The Labute approximate surface area is 157 Å². The minimum absolute atomic E-state index is 0.106. The van der Waals surface area contributed by atoms with Crippen molar-refractivity contribution >= 4 is 23.2 Å². The quantitative estimate of drug-likeness (QED) is 0.871. The van der Waals surface area contributed by atoms with Gasteiger partial charge in [0.25, 0.3) is 0 Å². The molecule has 1 heterocycles. The number of carbonyl (C=O) groups is 2. The number of fused-ring (bicyclic) bond motifs is 1. The second-order valence-electron chi connectivity index (χ2n) is 7.10. The third kappa shape index (κ3) is 3.74. The van der Waals surface area contributed by atoms with Crippen molar-refractivity contribution in [1.29, 1.82) is 0 Å². The number of rotatable bonds is 4. The van der Waals surface area contributed by atoms with Crippen LogP contribution in [0, 0.1) is 25.7 Å². The van der Waals surface area contributed by atoms with Gasteiger partial charge >= 0.3 is 0 Å². The Balaban J connectivity index is 1.36. The van der Waals surface area contributed by atoms with Crippen molar-refractivity contribution < 1.29 is 19.1 Å². The maximum atomic E-state index is 12.5. The fourth-order valence-electron chi connectivity index (χ4n) is 3.23. The van der Waals surface area contributed by atoms with Crippen LogP contribution in [0.4, 0.5) is 11.4 Å². The fraction of sp³-hybridized carbons (Fsp3) is 0.333. The van der Waals surface area contributed by atoms with E-state index in [1.165, 1.54) is 0 Å². The molecule has 1 fully saturated rings. The maximum absolute atomic E-state index is 12.5. The van der Waals surface area contributed by atoms with E-state index < -0.39 is 0 Å². The second-order valence-corrected chi connectivity index (χ2v) is 7.10. The van der Waals surface area contributed by atoms with Gasteiger partial charge < -0.3 is 20.1 Å². The Kier molecular flexibility index (Phi) is 4.48. The zero-order chi connectivity index (χ0) is 19.0. The summed E-state index contributed by atoms with van der Waals surface area (Å²) >= 11 is 0. The van der Waals surface area contributed by atoms with Gasteiger partial charge in [0.2, 0.25) is 11.8 Å². The molecule has 2 aliphatic rings. The number of aryl methyl sites for hydroxylation is 2. The van der Waals surface area contributed by atoms with Crippen LogP contribution in [-0.4, -0.2) is 25.0 Å². The van der Waals surface area contributed by atoms with Gasteiger partial charge in [0.1, 0.15) is 13.2 Å². The molecule has 6 heteroatoms. The van der Waals surface area contributed by atoms with Crippen LogP contribution in [0.25, 0.3) is 0 Å². The molecule has 0 bridgehead atoms. The van der Waals surface area contributed by atoms with Crippen LogP contribution < -0.4 is 20.1 Å². The van der Waals surface area contributed by atoms with E-state index >= 15 is 0 Å². The topological polar surface area (TPSA) is 76.7 Å². The number of nitrogens with one attached hydrogen (secondary N) is 2. The van der Waals surface area contributed by atoms with E-state index in [1.807, 2.05) is 32.0 Å². The highest BCUT2D eigenvalue weighted by Gasteiger charge is 2.48. The molecule has 2 atom stereocenters. The van der Waals surface area contributed by atoms with E-state index in [9.17, 15) is 9.59 Å². The Bertz CT molecular complexity index is 909. The van der Waals surface area contributed by atoms with Gasteiger partial charge in [0.05, 0.1) is 11.8 Å². The monoisotopic (exact) mass is 366 g/mol. The molecule has 0 saturated heterocycles. The number of hydrogen-bond donors (Lipinski definition) is 2. The highest BCUT2D eigenvalue weighted by Crippen LogP contribution is 2.41. The molecule has 2 aromatic carbocycles. The molecule has 140 valence electrons. The molecule has 0 spiro atoms. The molecule has 0 radical (unpaired) electrons. The Morgan fingerprint density at radius 1 is 0.889 bits per heavy atom. The lowest BCUT2D eigenvalue weighted by atomic mass is 10.1. The first-order chi connectivity index (χ1) is 13.0. The van der Waals surface area contributed by atoms with Crippen LogP contribution in [-0.2, 0) is 9.59 Å². The van der Waals surface area contributed by atoms with Gasteiger partial charge in [-0.3, -0.25) is 9.59 Å². The molecule has 27 heavy (non-hydrogen) atoms. The summed E-state index contributed by atoms with van der Waals surface area (Å²) in [4.78, 5) is 24.9. The summed E-state index contributed by atoms with van der Waals surface area (Å²) in [5.41, 5.74) is 3.54. The number of hydrogen-bond acceptors (Lipinski definition) is 4. The standard InChI is InChI=1S/C21H22N2O4/c1-12-3-4-13(2)17(9-12)23-21(25)16-11-15(16)20(24)22-14-5-6-18-19(10-14)27-8-7-26-18/h3-6,9-10,15-16H,7-8,11H2,1-2H3,(H,22,24)(H,23,25). The molecule has 1 aliphatic heterocycles. The molecule has 2 N–H and O–H groups in total. The van der Waals surface area contributed by atoms with Gasteiger partial charge in [-0.05, 0) is 49.6 Å². The first-order valence-electron chi connectivity index (χ1n) is 9.10. The van der Waals surface area contributed by atoms with E-state index in [4.69, 9.17) is 9.47 Å². The summed E-state index contributed by atoms with van der Waals surface area (Å²) < 4.78 is 11.0. The van der Waals surface area contributed by atoms with Crippen molar-refractivity contribution in [3.05, 3.63) is 47.5 Å². The number of anilines is 2. The van der Waals surface area contributed by atoms with Gasteiger partial charge in [-0.1, -0.05) is 12.1 Å². The summed E-state index contributed by atoms with van der Waals surface area (Å²) in [6.07, 6.45) is 0.563. The van der Waals surface area contributed by atoms with E-state index in [0.717, 1.165) is 16.8 Å². The summed E-state index contributed by atoms with van der Waals surface area (Å²) in [7, 11) is 0. The zero-order valence-corrected chi connectivity index (χ0v) is 15.4. The third-order valence-corrected chi connectivity index (χ3v) is 4.92. The first kappa shape index (κ1) is 17.4. The van der Waals surface area contributed by atoms with Crippen LogP contribution in [0.2, 0.25) is 0 Å². The number of amides is 2. The zero-order valence-electron chi connectivity index (χ0n) is 15.4. The van der Waals surface area contributed by atoms with Crippen LogP contribution >= 0.6 is 0 Å². The Morgan fingerprint density at radius 2 is 1.59 bits per heavy atom. The van der Waals surface area contributed by atoms with Gasteiger partial charge in [0.15, 0.2) is 11.5 Å². The summed E-state index contributed by atoms with van der Waals surface area (Å²) in [6, 6.07) is 11.2. The Hall–Kier alpha value is -3.02. The average molecular weight is 366 g/mol. The predicted molar refractivity (Wildman–Crippen MR) is 102 cm³/mol. The van der Waals surface area contributed by atoms with Gasteiger partial charge in [-0.15, -0.1) is 0 Å². The molecule has 6 nitrogen and oxygen atoms in total. The predicted octanol–water partition coefficient (Wildman–Crippen LogP) is 3.29. The fourth-order valence-corrected chi connectivity index (χ4v) is 3.23. The highest BCUT2D eigenvalue weighted by molar-refractivity contribution is 6.03. The third-order valence-electron chi connectivity index (χ3n) is 4.92. The van der Waals surface area contributed by atoms with Crippen molar-refractivity contribution in [1.82, 2.24) is 0 Å². The van der Waals surface area contributed by atoms with Gasteiger partial charge in [-0.25, -0.2) is 0 Å². The lowest BCUT2D eigenvalue weighted by Gasteiger charge is -2.19. The van der Waals surface area contributed by atoms with Crippen LogP contribution in [0.15, 0.2) is 36.4 Å². The normalized spacial score (nSPS) is 19.9. The largest absolute Gasteiger partial charge is 0.486 e. The van der Waals surface area contributed by atoms with Crippen LogP contribution in [0.5, 0.6) is 11.5 Å². The van der Waals surface area contributed by atoms with E-state index in [1.54, 1.807) is 18.2 Å². The van der Waals surface area contributed by atoms with E-state index in [-0.39, 0.29) is 23.7 Å². The van der Waals surface area contributed by atoms with Crippen LogP contribution in [0.3, 0.4) is 0 Å². The molecule has 2 amide bonds. The van der Waals surface area contributed by atoms with Crippen LogP contribution in [0.1, 0.15) is 17.5 Å². The van der Waals surface area contributed by atoms with Crippen molar-refractivity contribution in [2.24, 2.45) is 11.8 Å². The van der Waals surface area contributed by atoms with Crippen molar-refractivity contribution in [2.45, 2.75) is 20.3 Å². The van der Waals surface area contributed by atoms with Gasteiger partial charge in [-0.2, -0.15) is 0 Å². The summed E-state index contributed by atoms with van der Waals surface area (Å²) in [6.45, 7) is 4.95. The number of carbonyl (C=O) groups excluding carboxylic acids is 2. The molecule has 0 aromatic heterocycles. The molecule has 4 rings (SSSR count). The lowest BCUT2D eigenvalue weighted by molar-refractivity contribution is -0.122. The average Bonchev–Trinajstić information content (AvgIpc) is 3.46. The maximum Gasteiger partial charge on any atom is 0.228 e. The SMILES string of the molecule is Cc1ccc(C)c(NC(=O)C2CC2C(=O)Nc2ccc3c(c2)OCCO3)c1. The first-order valence-corrected chi connectivity index (χ1v) is 9.10. The molecule has 2 unspecified atom stereocenters. The molecule has 1 saturated carbocycles. The summed E-state index contributed by atoms with van der Waals surface area (Å²) in [5.74, 6) is 0.458. The number of benzene rings is 2.